The summed E-state index contributed by atoms with van der Waals surface area (Å²) in [6, 6.07) is 5.46. The zero-order valence-corrected chi connectivity index (χ0v) is 15.9. The van der Waals surface area contributed by atoms with Crippen molar-refractivity contribution in [3.8, 4) is 0 Å². The molecule has 2 fully saturated rings. The zero-order chi connectivity index (χ0) is 18.7. The van der Waals surface area contributed by atoms with Crippen molar-refractivity contribution in [1.82, 2.24) is 9.62 Å². The van der Waals surface area contributed by atoms with Gasteiger partial charge in [-0.25, -0.2) is 8.42 Å². The molecule has 1 aromatic rings. The van der Waals surface area contributed by atoms with Crippen molar-refractivity contribution >= 4 is 21.7 Å². The SMILES string of the molecule is CC(=O)c1ccc(S(=O)(=O)N2CCCCC2C(=O)NC2CCCC2)cc1. The molecular formula is C19H26N2O4S. The number of piperidine rings is 1. The molecule has 0 radical (unpaired) electrons. The molecule has 1 saturated carbocycles. The van der Waals surface area contributed by atoms with E-state index in [-0.39, 0.29) is 22.6 Å². The van der Waals surface area contributed by atoms with E-state index in [1.165, 1.54) is 35.5 Å². The summed E-state index contributed by atoms with van der Waals surface area (Å²) in [6.07, 6.45) is 6.30. The van der Waals surface area contributed by atoms with Crippen LogP contribution >= 0.6 is 0 Å². The summed E-state index contributed by atoms with van der Waals surface area (Å²) in [4.78, 5) is 24.3. The average molecular weight is 378 g/mol. The molecule has 1 saturated heterocycles. The summed E-state index contributed by atoms with van der Waals surface area (Å²) in [7, 11) is -3.77. The second-order valence-electron chi connectivity index (χ2n) is 7.20. The molecule has 1 unspecified atom stereocenters. The molecule has 142 valence electrons. The van der Waals surface area contributed by atoms with E-state index in [1.54, 1.807) is 0 Å². The highest BCUT2D eigenvalue weighted by Crippen LogP contribution is 2.27. The summed E-state index contributed by atoms with van der Waals surface area (Å²) in [5.74, 6) is -0.290. The van der Waals surface area contributed by atoms with Gasteiger partial charge in [-0.05, 0) is 44.7 Å². The Hall–Kier alpha value is -1.73. The highest BCUT2D eigenvalue weighted by molar-refractivity contribution is 7.89. The quantitative estimate of drug-likeness (QED) is 0.798. The lowest BCUT2D eigenvalue weighted by molar-refractivity contribution is -0.126. The minimum atomic E-state index is -3.77. The van der Waals surface area contributed by atoms with Crippen LogP contribution in [0.15, 0.2) is 29.2 Å². The predicted octanol–water partition coefficient (Wildman–Crippen LogP) is 2.49. The Labute approximate surface area is 155 Å². The largest absolute Gasteiger partial charge is 0.352 e. The van der Waals surface area contributed by atoms with E-state index in [2.05, 4.69) is 5.32 Å². The van der Waals surface area contributed by atoms with Gasteiger partial charge in [-0.15, -0.1) is 0 Å². The van der Waals surface area contributed by atoms with E-state index < -0.39 is 16.1 Å². The number of hydrogen-bond acceptors (Lipinski definition) is 4. The van der Waals surface area contributed by atoms with Gasteiger partial charge in [-0.1, -0.05) is 31.4 Å². The maximum atomic E-state index is 13.1. The molecule has 1 heterocycles. The van der Waals surface area contributed by atoms with E-state index in [4.69, 9.17) is 0 Å². The van der Waals surface area contributed by atoms with Gasteiger partial charge in [-0.3, -0.25) is 9.59 Å². The first-order chi connectivity index (χ1) is 12.4. The maximum absolute atomic E-state index is 13.1. The summed E-state index contributed by atoms with van der Waals surface area (Å²) >= 11 is 0. The Morgan fingerprint density at radius 2 is 1.62 bits per heavy atom. The van der Waals surface area contributed by atoms with Crippen molar-refractivity contribution in [3.05, 3.63) is 29.8 Å². The number of carbonyl (C=O) groups is 2. The molecular weight excluding hydrogens is 352 g/mol. The molecule has 1 aromatic carbocycles. The second-order valence-corrected chi connectivity index (χ2v) is 9.09. The van der Waals surface area contributed by atoms with Gasteiger partial charge in [0.1, 0.15) is 6.04 Å². The van der Waals surface area contributed by atoms with E-state index in [1.807, 2.05) is 0 Å². The molecule has 1 aliphatic carbocycles. The Balaban J connectivity index is 1.80. The fourth-order valence-electron chi connectivity index (χ4n) is 3.82. The third-order valence-electron chi connectivity index (χ3n) is 5.33. The third kappa shape index (κ3) is 3.99. The van der Waals surface area contributed by atoms with Crippen molar-refractivity contribution in [3.63, 3.8) is 0 Å². The molecule has 1 N–H and O–H groups in total. The molecule has 3 rings (SSSR count). The first-order valence-corrected chi connectivity index (χ1v) is 10.8. The van der Waals surface area contributed by atoms with Crippen molar-refractivity contribution < 1.29 is 18.0 Å². The van der Waals surface area contributed by atoms with E-state index in [0.717, 1.165) is 38.5 Å². The van der Waals surface area contributed by atoms with Crippen LogP contribution in [0, 0.1) is 0 Å². The molecule has 1 amide bonds. The summed E-state index contributed by atoms with van der Waals surface area (Å²) in [5, 5.41) is 3.04. The lowest BCUT2D eigenvalue weighted by atomic mass is 10.0. The Bertz CT molecular complexity index is 767. The number of rotatable bonds is 5. The second kappa shape index (κ2) is 7.88. The van der Waals surface area contributed by atoms with Gasteiger partial charge in [0.15, 0.2) is 5.78 Å². The summed E-state index contributed by atoms with van der Waals surface area (Å²) < 4.78 is 27.5. The molecule has 7 heteroatoms. The van der Waals surface area contributed by atoms with Crippen LogP contribution in [-0.4, -0.2) is 43.0 Å². The van der Waals surface area contributed by atoms with E-state index in [0.29, 0.717) is 18.5 Å². The number of hydrogen-bond donors (Lipinski definition) is 1. The van der Waals surface area contributed by atoms with Gasteiger partial charge < -0.3 is 5.32 Å². The highest BCUT2D eigenvalue weighted by Gasteiger charge is 2.38. The number of benzene rings is 1. The molecule has 0 spiro atoms. The fourth-order valence-corrected chi connectivity index (χ4v) is 5.48. The van der Waals surface area contributed by atoms with Gasteiger partial charge >= 0.3 is 0 Å². The van der Waals surface area contributed by atoms with Crippen LogP contribution < -0.4 is 5.32 Å². The van der Waals surface area contributed by atoms with Gasteiger partial charge in [0.2, 0.25) is 15.9 Å². The van der Waals surface area contributed by atoms with Crippen LogP contribution in [0.3, 0.4) is 0 Å². The van der Waals surface area contributed by atoms with E-state index >= 15 is 0 Å². The number of ketones is 1. The van der Waals surface area contributed by atoms with Gasteiger partial charge in [0.05, 0.1) is 4.90 Å². The number of carbonyl (C=O) groups excluding carboxylic acids is 2. The molecule has 1 aliphatic heterocycles. The minimum absolute atomic E-state index is 0.110. The Morgan fingerprint density at radius 1 is 1.00 bits per heavy atom. The van der Waals surface area contributed by atoms with Crippen LogP contribution in [0.25, 0.3) is 0 Å². The Morgan fingerprint density at radius 3 is 2.23 bits per heavy atom. The van der Waals surface area contributed by atoms with Crippen LogP contribution in [-0.2, 0) is 14.8 Å². The van der Waals surface area contributed by atoms with Crippen LogP contribution in [0.1, 0.15) is 62.2 Å². The van der Waals surface area contributed by atoms with Crippen molar-refractivity contribution in [2.75, 3.05) is 6.54 Å². The maximum Gasteiger partial charge on any atom is 0.243 e. The number of amides is 1. The zero-order valence-electron chi connectivity index (χ0n) is 15.1. The summed E-state index contributed by atoms with van der Waals surface area (Å²) in [5.41, 5.74) is 0.470. The standard InChI is InChI=1S/C19H26N2O4S/c1-14(22)15-9-11-17(12-10-15)26(24,25)21-13-5-4-8-18(21)19(23)20-16-6-2-3-7-16/h9-12,16,18H,2-8,13H2,1H3,(H,20,23). The molecule has 2 aliphatic rings. The van der Waals surface area contributed by atoms with Crippen molar-refractivity contribution in [2.24, 2.45) is 0 Å². The smallest absolute Gasteiger partial charge is 0.243 e. The third-order valence-corrected chi connectivity index (χ3v) is 7.25. The summed E-state index contributed by atoms with van der Waals surface area (Å²) in [6.45, 7) is 1.79. The number of nitrogens with one attached hydrogen (secondary N) is 1. The monoisotopic (exact) mass is 378 g/mol. The first-order valence-electron chi connectivity index (χ1n) is 9.33. The van der Waals surface area contributed by atoms with Crippen LogP contribution in [0.4, 0.5) is 0 Å². The fraction of sp³-hybridized carbons (Fsp3) is 0.579. The lowest BCUT2D eigenvalue weighted by Gasteiger charge is -2.34. The van der Waals surface area contributed by atoms with E-state index in [9.17, 15) is 18.0 Å². The predicted molar refractivity (Wildman–Crippen MR) is 98.4 cm³/mol. The number of sulfonamides is 1. The van der Waals surface area contributed by atoms with Gasteiger partial charge in [-0.2, -0.15) is 4.31 Å². The van der Waals surface area contributed by atoms with Crippen LogP contribution in [0.5, 0.6) is 0 Å². The van der Waals surface area contributed by atoms with Crippen molar-refractivity contribution in [1.29, 1.82) is 0 Å². The molecule has 26 heavy (non-hydrogen) atoms. The highest BCUT2D eigenvalue weighted by atomic mass is 32.2. The molecule has 1 atom stereocenters. The Kier molecular flexibility index (Phi) is 5.77. The first kappa shape index (κ1) is 19.0. The van der Waals surface area contributed by atoms with Crippen LogP contribution in [0.2, 0.25) is 0 Å². The normalized spacial score (nSPS) is 22.3. The molecule has 0 aromatic heterocycles. The number of nitrogens with zero attached hydrogens (tertiary/aromatic N) is 1. The topological polar surface area (TPSA) is 83.6 Å². The van der Waals surface area contributed by atoms with Gasteiger partial charge in [0, 0.05) is 18.2 Å². The van der Waals surface area contributed by atoms with Crippen molar-refractivity contribution in [2.45, 2.75) is 68.8 Å². The van der Waals surface area contributed by atoms with Gasteiger partial charge in [0.25, 0.3) is 0 Å². The molecule has 6 nitrogen and oxygen atoms in total. The average Bonchev–Trinajstić information content (AvgIpc) is 3.14. The number of Topliss-reactive ketones (excluding diaryl/α,β-unsaturated/α-hetero) is 1. The molecule has 0 bridgehead atoms. The minimum Gasteiger partial charge on any atom is -0.352 e. The lowest BCUT2D eigenvalue weighted by Crippen LogP contribution is -2.53.